The first-order valence-electron chi connectivity index (χ1n) is 8.36. The zero-order valence-electron chi connectivity index (χ0n) is 14.3. The van der Waals surface area contributed by atoms with E-state index < -0.39 is 23.6 Å². The van der Waals surface area contributed by atoms with Gasteiger partial charge in [-0.15, -0.1) is 0 Å². The first kappa shape index (κ1) is 17.5. The van der Waals surface area contributed by atoms with Gasteiger partial charge in [0, 0.05) is 12.1 Å². The lowest BCUT2D eigenvalue weighted by molar-refractivity contribution is -0.160. The van der Waals surface area contributed by atoms with Crippen LogP contribution in [0.4, 0.5) is 19.0 Å². The summed E-state index contributed by atoms with van der Waals surface area (Å²) in [5.74, 6) is -1.03. The van der Waals surface area contributed by atoms with Gasteiger partial charge in [-0.1, -0.05) is 0 Å². The van der Waals surface area contributed by atoms with Gasteiger partial charge in [0.05, 0.1) is 23.1 Å². The van der Waals surface area contributed by atoms with Crippen LogP contribution in [0.3, 0.4) is 0 Å². The summed E-state index contributed by atoms with van der Waals surface area (Å²) < 4.78 is 54.0. The molecule has 7 nitrogen and oxygen atoms in total. The van der Waals surface area contributed by atoms with Crippen LogP contribution in [-0.4, -0.2) is 39.1 Å². The number of hydrogen-bond donors (Lipinski definition) is 2. The lowest BCUT2D eigenvalue weighted by Gasteiger charge is -2.24. The summed E-state index contributed by atoms with van der Waals surface area (Å²) in [6, 6.07) is -0.386. The van der Waals surface area contributed by atoms with E-state index in [2.05, 4.69) is 9.97 Å². The fourth-order valence-electron chi connectivity index (χ4n) is 4.14. The van der Waals surface area contributed by atoms with Crippen LogP contribution in [0, 0.1) is 5.92 Å². The zero-order chi connectivity index (χ0) is 18.9. The maximum atomic E-state index is 13.5. The van der Waals surface area contributed by atoms with Crippen LogP contribution in [0.15, 0.2) is 12.5 Å². The van der Waals surface area contributed by atoms with E-state index in [0.29, 0.717) is 13.0 Å². The van der Waals surface area contributed by atoms with Gasteiger partial charge in [-0.05, 0) is 26.8 Å². The molecular weight excluding hydrogens is 351 g/mol. The Morgan fingerprint density at radius 1 is 1.27 bits per heavy atom. The molecule has 1 saturated heterocycles. The van der Waals surface area contributed by atoms with E-state index in [1.54, 1.807) is 13.8 Å². The first-order valence-corrected chi connectivity index (χ1v) is 8.36. The molecule has 3 heterocycles. The van der Waals surface area contributed by atoms with Crippen molar-refractivity contribution in [2.75, 3.05) is 12.3 Å². The third kappa shape index (κ3) is 2.55. The molecule has 10 heteroatoms. The fraction of sp³-hybridized carbons (Fsp3) is 0.625. The van der Waals surface area contributed by atoms with E-state index in [-0.39, 0.29) is 34.9 Å². The molecule has 2 aliphatic rings. The van der Waals surface area contributed by atoms with Gasteiger partial charge in [0.1, 0.15) is 23.9 Å². The topological polar surface area (TPSA) is 101 Å². The highest BCUT2D eigenvalue weighted by Gasteiger charge is 2.54. The standard InChI is InChI=1S/C16H20F3N5O2/c1-15(2)25-11-7(4-20)3-9(12(11)26-15)24-5-8(16(17,18)19)10-13(21)22-6-23-14(10)24/h5-7,9,11-12H,3-4,20H2,1-2H3,(H2,21,22,23)/t7-,9-,11-,12+/m1/s1. The van der Waals surface area contributed by atoms with Gasteiger partial charge in [-0.3, -0.25) is 0 Å². The largest absolute Gasteiger partial charge is 0.418 e. The highest BCUT2D eigenvalue weighted by Crippen LogP contribution is 2.48. The van der Waals surface area contributed by atoms with Crippen LogP contribution < -0.4 is 11.5 Å². The molecule has 0 bridgehead atoms. The van der Waals surface area contributed by atoms with Crippen LogP contribution >= 0.6 is 0 Å². The van der Waals surface area contributed by atoms with Gasteiger partial charge in [0.2, 0.25) is 0 Å². The molecule has 0 amide bonds. The molecule has 2 fully saturated rings. The average Bonchev–Trinajstić information content (AvgIpc) is 3.15. The third-order valence-electron chi connectivity index (χ3n) is 5.16. The van der Waals surface area contributed by atoms with Crippen molar-refractivity contribution in [1.29, 1.82) is 0 Å². The van der Waals surface area contributed by atoms with Crippen LogP contribution in [0.25, 0.3) is 11.0 Å². The normalized spacial score (nSPS) is 30.8. The Morgan fingerprint density at radius 2 is 1.96 bits per heavy atom. The molecule has 1 aliphatic heterocycles. The number of aromatic nitrogens is 3. The van der Waals surface area contributed by atoms with Crippen molar-refractivity contribution >= 4 is 16.9 Å². The van der Waals surface area contributed by atoms with Gasteiger partial charge in [-0.2, -0.15) is 13.2 Å². The van der Waals surface area contributed by atoms with Crippen molar-refractivity contribution in [3.05, 3.63) is 18.1 Å². The minimum absolute atomic E-state index is 0.0160. The Kier molecular flexibility index (Phi) is 3.73. The van der Waals surface area contributed by atoms with Crippen molar-refractivity contribution in [2.45, 2.75) is 50.5 Å². The molecule has 0 unspecified atom stereocenters. The molecular formula is C16H20F3N5O2. The predicted octanol–water partition coefficient (Wildman–Crippen LogP) is 2.07. The van der Waals surface area contributed by atoms with Crippen LogP contribution in [-0.2, 0) is 15.7 Å². The lowest BCUT2D eigenvalue weighted by atomic mass is 10.1. The monoisotopic (exact) mass is 371 g/mol. The van der Waals surface area contributed by atoms with Gasteiger partial charge in [-0.25, -0.2) is 9.97 Å². The van der Waals surface area contributed by atoms with Gasteiger partial charge >= 0.3 is 6.18 Å². The van der Waals surface area contributed by atoms with E-state index in [9.17, 15) is 13.2 Å². The zero-order valence-corrected chi connectivity index (χ0v) is 14.3. The first-order chi connectivity index (χ1) is 12.1. The summed E-state index contributed by atoms with van der Waals surface area (Å²) in [4.78, 5) is 7.79. The molecule has 4 rings (SSSR count). The van der Waals surface area contributed by atoms with Crippen LogP contribution in [0.5, 0.6) is 0 Å². The molecule has 142 valence electrons. The number of nitrogen functional groups attached to an aromatic ring is 1. The van der Waals surface area contributed by atoms with Crippen molar-refractivity contribution < 1.29 is 22.6 Å². The molecule has 0 radical (unpaired) electrons. The maximum absolute atomic E-state index is 13.5. The van der Waals surface area contributed by atoms with Crippen LogP contribution in [0.1, 0.15) is 31.9 Å². The fourth-order valence-corrected chi connectivity index (χ4v) is 4.14. The quantitative estimate of drug-likeness (QED) is 0.838. The number of rotatable bonds is 2. The van der Waals surface area contributed by atoms with Crippen molar-refractivity contribution in [2.24, 2.45) is 11.7 Å². The van der Waals surface area contributed by atoms with Crippen molar-refractivity contribution in [3.8, 4) is 0 Å². The number of nitrogens with two attached hydrogens (primary N) is 2. The minimum atomic E-state index is -4.57. The number of nitrogens with zero attached hydrogens (tertiary/aromatic N) is 3. The Morgan fingerprint density at radius 3 is 2.62 bits per heavy atom. The highest BCUT2D eigenvalue weighted by molar-refractivity contribution is 5.90. The molecule has 1 aliphatic carbocycles. The second-order valence-electron chi connectivity index (χ2n) is 7.27. The summed E-state index contributed by atoms with van der Waals surface area (Å²) in [5.41, 5.74) is 10.9. The molecule has 2 aromatic heterocycles. The maximum Gasteiger partial charge on any atom is 0.418 e. The lowest BCUT2D eigenvalue weighted by Crippen LogP contribution is -2.29. The third-order valence-corrected chi connectivity index (χ3v) is 5.16. The van der Waals surface area contributed by atoms with Crippen LogP contribution in [0.2, 0.25) is 0 Å². The second-order valence-corrected chi connectivity index (χ2v) is 7.27. The molecule has 26 heavy (non-hydrogen) atoms. The average molecular weight is 371 g/mol. The summed E-state index contributed by atoms with van der Waals surface area (Å²) in [7, 11) is 0. The molecule has 4 atom stereocenters. The number of fused-ring (bicyclic) bond motifs is 2. The Bertz CT molecular complexity index is 850. The molecule has 0 aromatic carbocycles. The van der Waals surface area contributed by atoms with E-state index in [4.69, 9.17) is 20.9 Å². The van der Waals surface area contributed by atoms with E-state index >= 15 is 0 Å². The number of halogens is 3. The number of alkyl halides is 3. The Hall–Kier alpha value is -1.91. The molecule has 1 saturated carbocycles. The molecule has 2 aromatic rings. The number of anilines is 1. The molecule has 0 spiro atoms. The van der Waals surface area contributed by atoms with Crippen molar-refractivity contribution in [1.82, 2.24) is 14.5 Å². The van der Waals surface area contributed by atoms with E-state index in [0.717, 1.165) is 12.5 Å². The second kappa shape index (κ2) is 5.54. The molecule has 4 N–H and O–H groups in total. The number of ether oxygens (including phenoxy) is 2. The summed E-state index contributed by atoms with van der Waals surface area (Å²) >= 11 is 0. The summed E-state index contributed by atoms with van der Waals surface area (Å²) in [5, 5.41) is -0.189. The minimum Gasteiger partial charge on any atom is -0.383 e. The van der Waals surface area contributed by atoms with E-state index in [1.165, 1.54) is 4.57 Å². The van der Waals surface area contributed by atoms with Crippen molar-refractivity contribution in [3.63, 3.8) is 0 Å². The Balaban J connectivity index is 1.86. The summed E-state index contributed by atoms with van der Waals surface area (Å²) in [6.07, 6.45) is -2.51. The summed E-state index contributed by atoms with van der Waals surface area (Å²) in [6.45, 7) is 3.93. The predicted molar refractivity (Wildman–Crippen MR) is 87.0 cm³/mol. The van der Waals surface area contributed by atoms with Gasteiger partial charge < -0.3 is 25.5 Å². The van der Waals surface area contributed by atoms with Gasteiger partial charge in [0.15, 0.2) is 5.79 Å². The SMILES string of the molecule is CC1(C)O[C@@H]2[C@@H](CN)C[C@@H](n3cc(C(F)(F)F)c4c(N)ncnc43)[C@@H]2O1. The smallest absolute Gasteiger partial charge is 0.383 e. The van der Waals surface area contributed by atoms with Gasteiger partial charge in [0.25, 0.3) is 0 Å². The number of hydrogen-bond acceptors (Lipinski definition) is 6. The van der Waals surface area contributed by atoms with E-state index in [1.807, 2.05) is 0 Å². The highest BCUT2D eigenvalue weighted by atomic mass is 19.4. The Labute approximate surface area is 147 Å².